The maximum Gasteiger partial charge on any atom is 0.303 e. The summed E-state index contributed by atoms with van der Waals surface area (Å²) in [5.41, 5.74) is 0.636. The molecule has 0 saturated carbocycles. The highest BCUT2D eigenvalue weighted by Crippen LogP contribution is 2.44. The molecule has 3 rings (SSSR count). The molecule has 2 fully saturated rings. The van der Waals surface area contributed by atoms with Crippen LogP contribution in [0.5, 0.6) is 0 Å². The maximum absolute atomic E-state index is 12.7. The Morgan fingerprint density at radius 1 is 1.21 bits per heavy atom. The van der Waals surface area contributed by atoms with Crippen LogP contribution in [-0.4, -0.2) is 47.0 Å². The van der Waals surface area contributed by atoms with Gasteiger partial charge in [0.15, 0.2) is 0 Å². The molecule has 156 valence electrons. The molecule has 0 unspecified atom stereocenters. The van der Waals surface area contributed by atoms with E-state index in [1.165, 1.54) is 5.01 Å². The van der Waals surface area contributed by atoms with E-state index in [1.54, 1.807) is 12.1 Å². The Balaban J connectivity index is 1.59. The van der Waals surface area contributed by atoms with E-state index < -0.39 is 5.97 Å². The summed E-state index contributed by atoms with van der Waals surface area (Å²) in [5, 5.41) is 14.8. The Kier molecular flexibility index (Phi) is 7.58. The maximum atomic E-state index is 12.7. The molecule has 1 N–H and O–H groups in total. The predicted molar refractivity (Wildman–Crippen MR) is 112 cm³/mol. The van der Waals surface area contributed by atoms with E-state index in [-0.39, 0.29) is 30.5 Å². The van der Waals surface area contributed by atoms with Crippen LogP contribution in [0.15, 0.2) is 47.6 Å². The van der Waals surface area contributed by atoms with Crippen LogP contribution in [-0.2, 0) is 9.53 Å². The number of hydrogen-bond donors (Lipinski definition) is 1. The Hall–Kier alpha value is -2.47. The third kappa shape index (κ3) is 5.54. The van der Waals surface area contributed by atoms with Crippen molar-refractivity contribution in [2.45, 2.75) is 57.7 Å². The zero-order chi connectivity index (χ0) is 20.6. The van der Waals surface area contributed by atoms with E-state index in [9.17, 15) is 9.59 Å². The highest BCUT2D eigenvalue weighted by Gasteiger charge is 2.47. The smallest absolute Gasteiger partial charge is 0.303 e. The summed E-state index contributed by atoms with van der Waals surface area (Å²) in [6.07, 6.45) is 11.2. The molecule has 2 heterocycles. The third-order valence-electron chi connectivity index (χ3n) is 5.76. The van der Waals surface area contributed by atoms with Gasteiger partial charge in [0.25, 0.3) is 5.91 Å². The molecular formula is C23H30N2O4. The molecule has 29 heavy (non-hydrogen) atoms. The van der Waals surface area contributed by atoms with Gasteiger partial charge in [-0.05, 0) is 57.1 Å². The van der Waals surface area contributed by atoms with E-state index in [2.05, 4.69) is 17.3 Å². The summed E-state index contributed by atoms with van der Waals surface area (Å²) in [6, 6.07) is 9.21. The van der Waals surface area contributed by atoms with Gasteiger partial charge in [0, 0.05) is 30.7 Å². The lowest BCUT2D eigenvalue weighted by atomic mass is 9.78. The number of amides is 1. The fourth-order valence-electron chi connectivity index (χ4n) is 4.23. The first-order valence-corrected chi connectivity index (χ1v) is 10.5. The molecule has 2 saturated heterocycles. The number of benzene rings is 1. The molecule has 0 aliphatic carbocycles. The number of carboxylic acids is 1. The van der Waals surface area contributed by atoms with Crippen molar-refractivity contribution < 1.29 is 19.4 Å². The second-order valence-electron chi connectivity index (χ2n) is 7.68. The number of carbonyl (C=O) groups is 2. The number of hydrazone groups is 1. The number of allylic oxidation sites excluding steroid dienone is 2. The minimum Gasteiger partial charge on any atom is -0.481 e. The lowest BCUT2D eigenvalue weighted by molar-refractivity contribution is -0.137. The predicted octanol–water partition coefficient (Wildman–Crippen LogP) is 4.13. The Labute approximate surface area is 172 Å². The number of carbonyl (C=O) groups excluding carboxylic acids is 1. The first-order valence-electron chi connectivity index (χ1n) is 10.5. The van der Waals surface area contributed by atoms with E-state index in [1.807, 2.05) is 31.3 Å². The Morgan fingerprint density at radius 2 is 1.97 bits per heavy atom. The van der Waals surface area contributed by atoms with Crippen LogP contribution in [0, 0.1) is 11.8 Å². The molecule has 0 spiro atoms. The number of ether oxygens (including phenoxy) is 1. The first-order chi connectivity index (χ1) is 14.1. The van der Waals surface area contributed by atoms with Crippen LogP contribution < -0.4 is 0 Å². The van der Waals surface area contributed by atoms with Crippen molar-refractivity contribution in [3.63, 3.8) is 0 Å². The van der Waals surface area contributed by atoms with Gasteiger partial charge in [-0.15, -0.1) is 0 Å². The van der Waals surface area contributed by atoms with Gasteiger partial charge >= 0.3 is 5.97 Å². The first kappa shape index (κ1) is 21.2. The summed E-state index contributed by atoms with van der Waals surface area (Å²) in [5.74, 6) is -0.279. The van der Waals surface area contributed by atoms with Crippen LogP contribution in [0.1, 0.15) is 55.8 Å². The molecule has 2 bridgehead atoms. The lowest BCUT2D eigenvalue weighted by Gasteiger charge is -2.25. The average Bonchev–Trinajstić information content (AvgIpc) is 3.33. The molecule has 2 aliphatic rings. The second kappa shape index (κ2) is 10.3. The largest absolute Gasteiger partial charge is 0.481 e. The number of nitrogens with zero attached hydrogens (tertiary/aromatic N) is 2. The minimum atomic E-state index is -0.748. The van der Waals surface area contributed by atoms with Gasteiger partial charge in [0.2, 0.25) is 0 Å². The SMILES string of the molecule is CCN(N=C[C@@H]1[C@@H](CC=CCCCC(=O)O)[C@H]2CC[C@@H]1O2)C(=O)c1ccccc1. The highest BCUT2D eigenvalue weighted by atomic mass is 16.5. The number of unbranched alkanes of at least 4 members (excludes halogenated alkanes) is 1. The average molecular weight is 399 g/mol. The van der Waals surface area contributed by atoms with Crippen molar-refractivity contribution >= 4 is 18.1 Å². The summed E-state index contributed by atoms with van der Waals surface area (Å²) < 4.78 is 6.11. The van der Waals surface area contributed by atoms with Crippen molar-refractivity contribution in [1.82, 2.24) is 5.01 Å². The number of carboxylic acid groups (broad SMARTS) is 1. The standard InChI is InChI=1S/C23H30N2O4/c1-2-25(23(28)17-10-6-5-7-11-17)24-16-19-18(20-14-15-21(19)29-20)12-8-3-4-9-13-22(26)27/h3,5-8,10-11,16,18-21H,2,4,9,12-15H2,1H3,(H,26,27)/t18-,19-,20-,21+/m1/s1. The van der Waals surface area contributed by atoms with Crippen molar-refractivity contribution in [2.24, 2.45) is 16.9 Å². The zero-order valence-electron chi connectivity index (χ0n) is 16.9. The normalized spacial score (nSPS) is 25.8. The van der Waals surface area contributed by atoms with Gasteiger partial charge in [0.05, 0.1) is 12.2 Å². The Bertz CT molecular complexity index is 747. The van der Waals surface area contributed by atoms with Crippen LogP contribution >= 0.6 is 0 Å². The van der Waals surface area contributed by atoms with E-state index in [0.717, 1.165) is 25.7 Å². The van der Waals surface area contributed by atoms with Crippen molar-refractivity contribution in [2.75, 3.05) is 6.54 Å². The van der Waals surface area contributed by atoms with Crippen molar-refractivity contribution in [3.05, 3.63) is 48.0 Å². The molecule has 0 radical (unpaired) electrons. The monoisotopic (exact) mass is 398 g/mol. The van der Waals surface area contributed by atoms with Gasteiger partial charge in [-0.3, -0.25) is 9.59 Å². The fourth-order valence-corrected chi connectivity index (χ4v) is 4.23. The summed E-state index contributed by atoms with van der Waals surface area (Å²) in [4.78, 5) is 23.2. The summed E-state index contributed by atoms with van der Waals surface area (Å²) in [6.45, 7) is 2.44. The van der Waals surface area contributed by atoms with E-state index >= 15 is 0 Å². The van der Waals surface area contributed by atoms with Crippen LogP contribution in [0.25, 0.3) is 0 Å². The second-order valence-corrected chi connectivity index (χ2v) is 7.68. The number of hydrogen-bond acceptors (Lipinski definition) is 4. The molecular weight excluding hydrogens is 368 g/mol. The summed E-state index contributed by atoms with van der Waals surface area (Å²) >= 11 is 0. The van der Waals surface area contributed by atoms with Crippen LogP contribution in [0.3, 0.4) is 0 Å². The highest BCUT2D eigenvalue weighted by molar-refractivity contribution is 5.94. The molecule has 0 aromatic heterocycles. The van der Waals surface area contributed by atoms with Crippen molar-refractivity contribution in [1.29, 1.82) is 0 Å². The number of aliphatic carboxylic acids is 1. The molecule has 1 aromatic rings. The van der Waals surface area contributed by atoms with E-state index in [4.69, 9.17) is 9.84 Å². The molecule has 1 amide bonds. The van der Waals surface area contributed by atoms with E-state index in [0.29, 0.717) is 24.4 Å². The zero-order valence-corrected chi connectivity index (χ0v) is 16.9. The van der Waals surface area contributed by atoms with Gasteiger partial charge in [-0.25, -0.2) is 5.01 Å². The van der Waals surface area contributed by atoms with Gasteiger partial charge < -0.3 is 9.84 Å². The molecule has 4 atom stereocenters. The van der Waals surface area contributed by atoms with Crippen LogP contribution in [0.2, 0.25) is 0 Å². The molecule has 6 heteroatoms. The quantitative estimate of drug-likeness (QED) is 0.278. The molecule has 2 aliphatic heterocycles. The van der Waals surface area contributed by atoms with Gasteiger partial charge in [0.1, 0.15) is 0 Å². The number of rotatable bonds is 10. The van der Waals surface area contributed by atoms with Crippen LogP contribution in [0.4, 0.5) is 0 Å². The Morgan fingerprint density at radius 3 is 2.69 bits per heavy atom. The summed E-state index contributed by atoms with van der Waals surface area (Å²) in [7, 11) is 0. The molecule has 1 aromatic carbocycles. The topological polar surface area (TPSA) is 79.2 Å². The van der Waals surface area contributed by atoms with Gasteiger partial charge in [-0.1, -0.05) is 30.4 Å². The lowest BCUT2D eigenvalue weighted by Crippen LogP contribution is -2.31. The number of fused-ring (bicyclic) bond motifs is 2. The molecule has 6 nitrogen and oxygen atoms in total. The van der Waals surface area contributed by atoms with Gasteiger partial charge in [-0.2, -0.15) is 5.10 Å². The van der Waals surface area contributed by atoms with Crippen molar-refractivity contribution in [3.8, 4) is 0 Å². The third-order valence-corrected chi connectivity index (χ3v) is 5.76. The minimum absolute atomic E-state index is 0.0942. The fraction of sp³-hybridized carbons (Fsp3) is 0.522.